The largest absolute Gasteiger partial charge is 0.463 e. The predicted octanol–water partition coefficient (Wildman–Crippen LogP) is 0.411. The number of carboxylic acid groups (broad SMARTS) is 1. The summed E-state index contributed by atoms with van der Waals surface area (Å²) in [6.45, 7) is 0. The molecule has 5 heteroatoms. The fourth-order valence-corrected chi connectivity index (χ4v) is 0.349. The lowest BCUT2D eigenvalue weighted by molar-refractivity contribution is -0.0765. The van der Waals surface area contributed by atoms with Crippen LogP contribution < -0.4 is 0 Å². The Labute approximate surface area is 50.8 Å². The third-order valence-corrected chi connectivity index (χ3v) is 0.661. The SMILES string of the molecule is O=C(O)N1N=CC=CO1. The molecule has 1 amide bonds. The molecule has 0 aromatic carbocycles. The fraction of sp³-hybridized carbons (Fsp3) is 0. The summed E-state index contributed by atoms with van der Waals surface area (Å²) in [4.78, 5) is 14.4. The smallest absolute Gasteiger partial charge is 0.461 e. The number of hydrogen-bond donors (Lipinski definition) is 1. The van der Waals surface area contributed by atoms with Gasteiger partial charge in [0.05, 0.1) is 6.21 Å². The summed E-state index contributed by atoms with van der Waals surface area (Å²) in [5.41, 5.74) is 0. The van der Waals surface area contributed by atoms with Gasteiger partial charge in [-0.05, 0) is 11.2 Å². The second kappa shape index (κ2) is 2.17. The van der Waals surface area contributed by atoms with Crippen LogP contribution in [0.4, 0.5) is 4.79 Å². The van der Waals surface area contributed by atoms with Crippen LogP contribution in [0.3, 0.4) is 0 Å². The zero-order valence-electron chi connectivity index (χ0n) is 4.39. The monoisotopic (exact) mass is 128 g/mol. The molecule has 0 bridgehead atoms. The Morgan fingerprint density at radius 3 is 2.89 bits per heavy atom. The molecule has 0 aliphatic carbocycles. The second-order valence-corrected chi connectivity index (χ2v) is 1.25. The van der Waals surface area contributed by atoms with E-state index in [0.717, 1.165) is 0 Å². The van der Waals surface area contributed by atoms with Crippen molar-refractivity contribution in [2.45, 2.75) is 0 Å². The van der Waals surface area contributed by atoms with Crippen LogP contribution in [0.25, 0.3) is 0 Å². The Bertz CT molecular complexity index is 175. The first-order valence-corrected chi connectivity index (χ1v) is 2.19. The van der Waals surface area contributed by atoms with Crippen LogP contribution in [-0.4, -0.2) is 22.6 Å². The van der Waals surface area contributed by atoms with Gasteiger partial charge >= 0.3 is 6.09 Å². The fourth-order valence-electron chi connectivity index (χ4n) is 0.349. The maximum atomic E-state index is 10.0. The van der Waals surface area contributed by atoms with Gasteiger partial charge in [-0.3, -0.25) is 0 Å². The molecule has 0 atom stereocenters. The van der Waals surface area contributed by atoms with Crippen molar-refractivity contribution in [1.82, 2.24) is 5.17 Å². The van der Waals surface area contributed by atoms with Gasteiger partial charge in [0.15, 0.2) is 0 Å². The molecule has 1 N–H and O–H groups in total. The number of carbonyl (C=O) groups is 1. The van der Waals surface area contributed by atoms with Crippen molar-refractivity contribution in [2.24, 2.45) is 5.10 Å². The normalized spacial score (nSPS) is 15.3. The molecule has 0 spiro atoms. The van der Waals surface area contributed by atoms with Gasteiger partial charge in [-0.25, -0.2) is 4.79 Å². The van der Waals surface area contributed by atoms with Crippen molar-refractivity contribution < 1.29 is 14.7 Å². The van der Waals surface area contributed by atoms with E-state index in [0.29, 0.717) is 5.17 Å². The molecule has 1 aliphatic rings. The third-order valence-electron chi connectivity index (χ3n) is 0.661. The highest BCUT2D eigenvalue weighted by atomic mass is 16.7. The Morgan fingerprint density at radius 1 is 1.78 bits per heavy atom. The molecule has 0 fully saturated rings. The molecular weight excluding hydrogens is 124 g/mol. The van der Waals surface area contributed by atoms with Crippen molar-refractivity contribution in [3.8, 4) is 0 Å². The quantitative estimate of drug-likeness (QED) is 0.514. The first kappa shape index (κ1) is 5.61. The Morgan fingerprint density at radius 2 is 2.56 bits per heavy atom. The van der Waals surface area contributed by atoms with Crippen LogP contribution in [0.2, 0.25) is 0 Å². The van der Waals surface area contributed by atoms with E-state index in [1.165, 1.54) is 18.6 Å². The molecular formula is C4H4N2O3. The third kappa shape index (κ3) is 1.18. The molecule has 1 rings (SSSR count). The highest BCUT2D eigenvalue weighted by Crippen LogP contribution is 1.96. The highest BCUT2D eigenvalue weighted by molar-refractivity contribution is 5.73. The molecule has 0 aromatic rings. The number of hydroxylamine groups is 1. The molecule has 0 saturated heterocycles. The second-order valence-electron chi connectivity index (χ2n) is 1.25. The summed E-state index contributed by atoms with van der Waals surface area (Å²) in [5.74, 6) is 0. The first-order valence-electron chi connectivity index (χ1n) is 2.19. The number of rotatable bonds is 0. The zero-order chi connectivity index (χ0) is 6.69. The molecule has 5 nitrogen and oxygen atoms in total. The summed E-state index contributed by atoms with van der Waals surface area (Å²) < 4.78 is 0. The standard InChI is InChI=1S/C4H4N2O3/c7-4(8)6-5-2-1-3-9-6/h1-3H,(H,7,8). The molecule has 1 heterocycles. The van der Waals surface area contributed by atoms with Gasteiger partial charge in [0.2, 0.25) is 0 Å². The summed E-state index contributed by atoms with van der Waals surface area (Å²) in [5, 5.41) is 12.0. The lowest BCUT2D eigenvalue weighted by Gasteiger charge is -2.10. The van der Waals surface area contributed by atoms with Gasteiger partial charge < -0.3 is 9.94 Å². The topological polar surface area (TPSA) is 62.1 Å². The van der Waals surface area contributed by atoms with E-state index in [-0.39, 0.29) is 0 Å². The van der Waals surface area contributed by atoms with Gasteiger partial charge in [0, 0.05) is 0 Å². The first-order chi connectivity index (χ1) is 4.30. The molecule has 48 valence electrons. The number of hydrogen-bond acceptors (Lipinski definition) is 3. The molecule has 1 aliphatic heterocycles. The van der Waals surface area contributed by atoms with E-state index in [2.05, 4.69) is 9.94 Å². The van der Waals surface area contributed by atoms with E-state index in [9.17, 15) is 4.79 Å². The zero-order valence-corrected chi connectivity index (χ0v) is 4.39. The van der Waals surface area contributed by atoms with Crippen molar-refractivity contribution in [2.75, 3.05) is 0 Å². The molecule has 0 saturated carbocycles. The lowest BCUT2D eigenvalue weighted by Crippen LogP contribution is -2.23. The van der Waals surface area contributed by atoms with Gasteiger partial charge in [-0.1, -0.05) is 0 Å². The van der Waals surface area contributed by atoms with Gasteiger partial charge in [-0.2, -0.15) is 0 Å². The van der Waals surface area contributed by atoms with Gasteiger partial charge in [0.1, 0.15) is 6.26 Å². The maximum absolute atomic E-state index is 10.0. The minimum atomic E-state index is -1.24. The van der Waals surface area contributed by atoms with Crippen molar-refractivity contribution in [3.63, 3.8) is 0 Å². The Balaban J connectivity index is 2.56. The predicted molar refractivity (Wildman–Crippen MR) is 28.6 cm³/mol. The summed E-state index contributed by atoms with van der Waals surface area (Å²) in [6, 6.07) is 0. The maximum Gasteiger partial charge on any atom is 0.463 e. The number of allylic oxidation sites excluding steroid dienone is 1. The van der Waals surface area contributed by atoms with Crippen LogP contribution in [-0.2, 0) is 4.84 Å². The summed E-state index contributed by atoms with van der Waals surface area (Å²) >= 11 is 0. The molecule has 9 heavy (non-hydrogen) atoms. The summed E-state index contributed by atoms with van der Waals surface area (Å²) in [6.07, 6.45) is 2.79. The Kier molecular flexibility index (Phi) is 1.35. The average Bonchev–Trinajstić information content (AvgIpc) is 1.90. The Hall–Kier alpha value is -1.52. The van der Waals surface area contributed by atoms with Crippen LogP contribution in [0.1, 0.15) is 0 Å². The molecule has 0 radical (unpaired) electrons. The van der Waals surface area contributed by atoms with E-state index in [4.69, 9.17) is 5.11 Å². The number of hydrazone groups is 1. The van der Waals surface area contributed by atoms with Crippen molar-refractivity contribution in [3.05, 3.63) is 12.3 Å². The lowest BCUT2D eigenvalue weighted by atomic mass is 10.7. The van der Waals surface area contributed by atoms with E-state index in [1.54, 1.807) is 0 Å². The minimum Gasteiger partial charge on any atom is -0.461 e. The highest BCUT2D eigenvalue weighted by Gasteiger charge is 2.09. The van der Waals surface area contributed by atoms with Crippen LogP contribution in [0, 0.1) is 0 Å². The van der Waals surface area contributed by atoms with E-state index < -0.39 is 6.09 Å². The minimum absolute atomic E-state index is 0.458. The van der Waals surface area contributed by atoms with Gasteiger partial charge in [-0.15, -0.1) is 5.10 Å². The van der Waals surface area contributed by atoms with E-state index >= 15 is 0 Å². The van der Waals surface area contributed by atoms with Crippen LogP contribution in [0.5, 0.6) is 0 Å². The van der Waals surface area contributed by atoms with Crippen LogP contribution >= 0.6 is 0 Å². The van der Waals surface area contributed by atoms with Crippen LogP contribution in [0.15, 0.2) is 17.4 Å². The van der Waals surface area contributed by atoms with Crippen molar-refractivity contribution >= 4 is 12.3 Å². The number of amides is 1. The van der Waals surface area contributed by atoms with Crippen molar-refractivity contribution in [1.29, 1.82) is 0 Å². The molecule has 0 unspecified atom stereocenters. The van der Waals surface area contributed by atoms with Gasteiger partial charge in [0.25, 0.3) is 0 Å². The van der Waals surface area contributed by atoms with E-state index in [1.807, 2.05) is 0 Å². The molecule has 0 aromatic heterocycles. The number of nitrogens with zero attached hydrogens (tertiary/aromatic N) is 2. The average molecular weight is 128 g/mol. The summed E-state index contributed by atoms with van der Waals surface area (Å²) in [7, 11) is 0.